The summed E-state index contributed by atoms with van der Waals surface area (Å²) in [6, 6.07) is 5.35. The Balaban J connectivity index is 3.12. The number of sulfonamides is 1. The van der Waals surface area contributed by atoms with Crippen LogP contribution < -0.4 is 5.73 Å². The summed E-state index contributed by atoms with van der Waals surface area (Å²) < 4.78 is 26.5. The van der Waals surface area contributed by atoms with Crippen molar-refractivity contribution in [3.8, 4) is 0 Å². The number of aryl methyl sites for hydroxylation is 1. The first-order valence-electron chi connectivity index (χ1n) is 6.58. The summed E-state index contributed by atoms with van der Waals surface area (Å²) in [5, 5.41) is 0. The molecule has 0 aliphatic rings. The molecule has 1 aromatic carbocycles. The standard InChI is InChI=1S/C14H24N2O2S/c1-5-11(2)10-16(4)19(17,18)14-8-13(9-15)7-6-12(14)3/h6-8,11H,5,9-10,15H2,1-4H3. The SMILES string of the molecule is CCC(C)CN(C)S(=O)(=O)c1cc(CN)ccc1C. The topological polar surface area (TPSA) is 63.4 Å². The molecule has 0 radical (unpaired) electrons. The normalized spacial score (nSPS) is 13.8. The molecule has 0 fully saturated rings. The van der Waals surface area contributed by atoms with Crippen LogP contribution in [0, 0.1) is 12.8 Å². The highest BCUT2D eigenvalue weighted by Gasteiger charge is 2.23. The Morgan fingerprint density at radius 3 is 2.53 bits per heavy atom. The number of nitrogens with two attached hydrogens (primary N) is 1. The quantitative estimate of drug-likeness (QED) is 0.870. The van der Waals surface area contributed by atoms with E-state index in [-0.39, 0.29) is 0 Å². The molecule has 1 aromatic rings. The Hall–Kier alpha value is -0.910. The number of benzene rings is 1. The van der Waals surface area contributed by atoms with Crippen molar-refractivity contribution >= 4 is 10.0 Å². The summed E-state index contributed by atoms with van der Waals surface area (Å²) in [6.45, 7) is 6.80. The van der Waals surface area contributed by atoms with Crippen LogP contribution in [-0.2, 0) is 16.6 Å². The molecular formula is C14H24N2O2S. The number of hydrogen-bond donors (Lipinski definition) is 1. The van der Waals surface area contributed by atoms with E-state index in [4.69, 9.17) is 5.73 Å². The third-order valence-corrected chi connectivity index (χ3v) is 5.41. The van der Waals surface area contributed by atoms with Gasteiger partial charge in [-0.1, -0.05) is 32.4 Å². The van der Waals surface area contributed by atoms with Crippen molar-refractivity contribution in [2.24, 2.45) is 11.7 Å². The molecule has 19 heavy (non-hydrogen) atoms. The van der Waals surface area contributed by atoms with Crippen LogP contribution in [0.1, 0.15) is 31.4 Å². The Kier molecular flexibility index (Phi) is 5.52. The van der Waals surface area contributed by atoms with E-state index < -0.39 is 10.0 Å². The van der Waals surface area contributed by atoms with Crippen LogP contribution >= 0.6 is 0 Å². The molecule has 5 heteroatoms. The summed E-state index contributed by atoms with van der Waals surface area (Å²) in [6.07, 6.45) is 0.960. The first-order chi connectivity index (χ1) is 8.82. The molecule has 1 unspecified atom stereocenters. The molecule has 0 saturated heterocycles. The van der Waals surface area contributed by atoms with Gasteiger partial charge < -0.3 is 5.73 Å². The molecule has 4 nitrogen and oxygen atoms in total. The fourth-order valence-corrected chi connectivity index (χ4v) is 3.45. The molecule has 0 bridgehead atoms. The molecule has 1 atom stereocenters. The molecule has 0 aliphatic heterocycles. The molecular weight excluding hydrogens is 260 g/mol. The average molecular weight is 284 g/mol. The minimum atomic E-state index is -3.43. The fraction of sp³-hybridized carbons (Fsp3) is 0.571. The molecule has 108 valence electrons. The predicted molar refractivity (Wildman–Crippen MR) is 78.3 cm³/mol. The summed E-state index contributed by atoms with van der Waals surface area (Å²) in [4.78, 5) is 0.362. The van der Waals surface area contributed by atoms with E-state index in [0.29, 0.717) is 23.9 Å². The second kappa shape index (κ2) is 6.50. The average Bonchev–Trinajstić information content (AvgIpc) is 2.38. The summed E-state index contributed by atoms with van der Waals surface area (Å²) in [5.41, 5.74) is 7.17. The van der Waals surface area contributed by atoms with E-state index in [1.165, 1.54) is 4.31 Å². The maximum absolute atomic E-state index is 12.6. The van der Waals surface area contributed by atoms with Gasteiger partial charge >= 0.3 is 0 Å². The van der Waals surface area contributed by atoms with E-state index in [9.17, 15) is 8.42 Å². The van der Waals surface area contributed by atoms with Gasteiger partial charge in [0.2, 0.25) is 10.0 Å². The van der Waals surface area contributed by atoms with Gasteiger partial charge in [-0.2, -0.15) is 0 Å². The predicted octanol–water partition coefficient (Wildman–Crippen LogP) is 2.12. The van der Waals surface area contributed by atoms with Gasteiger partial charge in [-0.3, -0.25) is 0 Å². The number of hydrogen-bond acceptors (Lipinski definition) is 3. The Morgan fingerprint density at radius 1 is 1.37 bits per heavy atom. The minimum Gasteiger partial charge on any atom is -0.326 e. The molecule has 2 N–H and O–H groups in total. The van der Waals surface area contributed by atoms with Crippen LogP contribution in [0.4, 0.5) is 0 Å². The molecule has 0 saturated carbocycles. The van der Waals surface area contributed by atoms with Crippen molar-refractivity contribution in [2.75, 3.05) is 13.6 Å². The van der Waals surface area contributed by atoms with Crippen molar-refractivity contribution in [3.05, 3.63) is 29.3 Å². The molecule has 0 aromatic heterocycles. The van der Waals surface area contributed by atoms with Crippen LogP contribution in [0.15, 0.2) is 23.1 Å². The molecule has 0 spiro atoms. The van der Waals surface area contributed by atoms with Gasteiger partial charge in [0.25, 0.3) is 0 Å². The van der Waals surface area contributed by atoms with Crippen LogP contribution in [0.3, 0.4) is 0 Å². The summed E-state index contributed by atoms with van der Waals surface area (Å²) in [5.74, 6) is 0.345. The Bertz CT molecular complexity index is 526. The lowest BCUT2D eigenvalue weighted by Gasteiger charge is -2.21. The van der Waals surface area contributed by atoms with Crippen LogP contribution in [-0.4, -0.2) is 26.3 Å². The summed E-state index contributed by atoms with van der Waals surface area (Å²) in [7, 11) is -1.79. The van der Waals surface area contributed by atoms with Crippen LogP contribution in [0.5, 0.6) is 0 Å². The van der Waals surface area contributed by atoms with E-state index >= 15 is 0 Å². The number of rotatable bonds is 6. The monoisotopic (exact) mass is 284 g/mol. The van der Waals surface area contributed by atoms with Crippen molar-refractivity contribution in [1.82, 2.24) is 4.31 Å². The van der Waals surface area contributed by atoms with Crippen molar-refractivity contribution in [2.45, 2.75) is 38.6 Å². The third-order valence-electron chi connectivity index (χ3n) is 3.44. The zero-order valence-electron chi connectivity index (χ0n) is 12.2. The lowest BCUT2D eigenvalue weighted by molar-refractivity contribution is 0.393. The smallest absolute Gasteiger partial charge is 0.243 e. The largest absolute Gasteiger partial charge is 0.326 e. The van der Waals surface area contributed by atoms with Gasteiger partial charge in [0.05, 0.1) is 4.90 Å². The molecule has 0 heterocycles. The van der Waals surface area contributed by atoms with Crippen molar-refractivity contribution < 1.29 is 8.42 Å². The summed E-state index contributed by atoms with van der Waals surface area (Å²) >= 11 is 0. The fourth-order valence-electron chi connectivity index (χ4n) is 1.88. The third kappa shape index (κ3) is 3.78. The minimum absolute atomic E-state index is 0.345. The zero-order valence-corrected chi connectivity index (χ0v) is 13.0. The van der Waals surface area contributed by atoms with Gasteiger partial charge in [0, 0.05) is 20.1 Å². The van der Waals surface area contributed by atoms with E-state index in [0.717, 1.165) is 17.5 Å². The van der Waals surface area contributed by atoms with Crippen molar-refractivity contribution in [1.29, 1.82) is 0 Å². The van der Waals surface area contributed by atoms with Gasteiger partial charge in [0.1, 0.15) is 0 Å². The first kappa shape index (κ1) is 16.1. The number of nitrogens with zero attached hydrogens (tertiary/aromatic N) is 1. The molecule has 0 amide bonds. The Morgan fingerprint density at radius 2 is 2.00 bits per heavy atom. The highest BCUT2D eigenvalue weighted by Crippen LogP contribution is 2.21. The van der Waals surface area contributed by atoms with Crippen molar-refractivity contribution in [3.63, 3.8) is 0 Å². The van der Waals surface area contributed by atoms with Gasteiger partial charge in [-0.05, 0) is 30.0 Å². The highest BCUT2D eigenvalue weighted by atomic mass is 32.2. The van der Waals surface area contributed by atoms with Gasteiger partial charge in [-0.15, -0.1) is 0 Å². The van der Waals surface area contributed by atoms with E-state index in [2.05, 4.69) is 13.8 Å². The van der Waals surface area contributed by atoms with Crippen LogP contribution in [0.2, 0.25) is 0 Å². The van der Waals surface area contributed by atoms with Gasteiger partial charge in [0.15, 0.2) is 0 Å². The lowest BCUT2D eigenvalue weighted by Crippen LogP contribution is -2.31. The Labute approximate surface area is 116 Å². The first-order valence-corrected chi connectivity index (χ1v) is 8.02. The molecule has 0 aliphatic carbocycles. The maximum Gasteiger partial charge on any atom is 0.243 e. The zero-order chi connectivity index (χ0) is 14.6. The molecule has 1 rings (SSSR count). The lowest BCUT2D eigenvalue weighted by atomic mass is 10.1. The van der Waals surface area contributed by atoms with Crippen LogP contribution in [0.25, 0.3) is 0 Å². The second-order valence-electron chi connectivity index (χ2n) is 5.10. The highest BCUT2D eigenvalue weighted by molar-refractivity contribution is 7.89. The van der Waals surface area contributed by atoms with E-state index in [1.54, 1.807) is 13.1 Å². The maximum atomic E-state index is 12.6. The second-order valence-corrected chi connectivity index (χ2v) is 7.12. The van der Waals surface area contributed by atoms with E-state index in [1.807, 2.05) is 19.1 Å². The van der Waals surface area contributed by atoms with Gasteiger partial charge in [-0.25, -0.2) is 12.7 Å².